The number of hydrogen-bond acceptors (Lipinski definition) is 3. The second-order valence-corrected chi connectivity index (χ2v) is 7.13. The van der Waals surface area contributed by atoms with Crippen molar-refractivity contribution >= 4 is 17.8 Å². The molecule has 0 bridgehead atoms. The third kappa shape index (κ3) is 3.54. The van der Waals surface area contributed by atoms with Gasteiger partial charge in [-0.3, -0.25) is 4.68 Å². The number of carbonyl (C=O) groups is 1. The number of rotatable bonds is 3. The van der Waals surface area contributed by atoms with Gasteiger partial charge in [0.1, 0.15) is 0 Å². The van der Waals surface area contributed by atoms with Gasteiger partial charge in [0.05, 0.1) is 11.7 Å². The van der Waals surface area contributed by atoms with Gasteiger partial charge in [0.2, 0.25) is 0 Å². The van der Waals surface area contributed by atoms with Crippen LogP contribution in [0.1, 0.15) is 43.3 Å². The Morgan fingerprint density at radius 3 is 2.81 bits per heavy atom. The van der Waals surface area contributed by atoms with E-state index in [2.05, 4.69) is 17.3 Å². The predicted octanol–water partition coefficient (Wildman–Crippen LogP) is 2.63. The first-order valence-corrected chi connectivity index (χ1v) is 8.66. The Bertz CT molecular complexity index is 514. The maximum absolute atomic E-state index is 12.5. The first-order chi connectivity index (χ1) is 9.93. The molecule has 2 amide bonds. The molecule has 0 aromatic carbocycles. The summed E-state index contributed by atoms with van der Waals surface area (Å²) in [5.41, 5.74) is 3.23. The van der Waals surface area contributed by atoms with Gasteiger partial charge in [0.25, 0.3) is 0 Å². The minimum absolute atomic E-state index is 0.0131. The summed E-state index contributed by atoms with van der Waals surface area (Å²) in [6, 6.07) is 0.0322. The molecule has 6 heteroatoms. The molecule has 1 N–H and O–H groups in total. The van der Waals surface area contributed by atoms with Gasteiger partial charge in [-0.15, -0.1) is 0 Å². The van der Waals surface area contributed by atoms with Crippen LogP contribution in [-0.4, -0.2) is 44.8 Å². The molecule has 2 heterocycles. The topological polar surface area (TPSA) is 50.2 Å². The highest BCUT2D eigenvalue weighted by Crippen LogP contribution is 2.23. The van der Waals surface area contributed by atoms with Crippen LogP contribution in [0.5, 0.6) is 0 Å². The predicted molar refractivity (Wildman–Crippen MR) is 87.7 cm³/mol. The van der Waals surface area contributed by atoms with Crippen molar-refractivity contribution in [1.29, 1.82) is 0 Å². The zero-order valence-electron chi connectivity index (χ0n) is 13.6. The molecule has 21 heavy (non-hydrogen) atoms. The summed E-state index contributed by atoms with van der Waals surface area (Å²) in [4.78, 5) is 14.4. The molecule has 1 aromatic heterocycles. The average molecular weight is 310 g/mol. The standard InChI is InChI=1S/C15H26N4OS/c1-6-13-9-19(7-8-21-13)15(20)16-10(2)14-11(3)17-18(5)12(14)4/h10,13H,6-9H2,1-5H3,(H,16,20). The number of nitrogens with zero attached hydrogens (tertiary/aromatic N) is 3. The van der Waals surface area contributed by atoms with Gasteiger partial charge in [-0.2, -0.15) is 16.9 Å². The highest BCUT2D eigenvalue weighted by molar-refractivity contribution is 8.00. The van der Waals surface area contributed by atoms with E-state index in [1.165, 1.54) is 0 Å². The smallest absolute Gasteiger partial charge is 0.317 e. The number of urea groups is 1. The molecule has 1 saturated heterocycles. The van der Waals surface area contributed by atoms with Crippen molar-refractivity contribution in [2.75, 3.05) is 18.8 Å². The quantitative estimate of drug-likeness (QED) is 0.934. The maximum Gasteiger partial charge on any atom is 0.317 e. The molecule has 1 aromatic rings. The summed E-state index contributed by atoms with van der Waals surface area (Å²) in [6.45, 7) is 9.95. The van der Waals surface area contributed by atoms with Crippen molar-refractivity contribution < 1.29 is 4.79 Å². The highest BCUT2D eigenvalue weighted by atomic mass is 32.2. The monoisotopic (exact) mass is 310 g/mol. The van der Waals surface area contributed by atoms with Crippen molar-refractivity contribution in [3.8, 4) is 0 Å². The third-order valence-electron chi connectivity index (χ3n) is 4.22. The molecular formula is C15H26N4OS. The molecule has 2 atom stereocenters. The van der Waals surface area contributed by atoms with Gasteiger partial charge in [0.15, 0.2) is 0 Å². The average Bonchev–Trinajstić information content (AvgIpc) is 2.72. The molecule has 0 radical (unpaired) electrons. The van der Waals surface area contributed by atoms with Crippen molar-refractivity contribution in [2.45, 2.75) is 45.4 Å². The van der Waals surface area contributed by atoms with Crippen LogP contribution < -0.4 is 5.32 Å². The molecule has 1 fully saturated rings. The van der Waals surface area contributed by atoms with Gasteiger partial charge >= 0.3 is 6.03 Å². The van der Waals surface area contributed by atoms with Crippen LogP contribution in [-0.2, 0) is 7.05 Å². The second-order valence-electron chi connectivity index (χ2n) is 5.73. The molecule has 2 unspecified atom stereocenters. The minimum atomic E-state index is -0.0131. The zero-order valence-corrected chi connectivity index (χ0v) is 14.5. The summed E-state index contributed by atoms with van der Waals surface area (Å²) < 4.78 is 1.87. The molecule has 5 nitrogen and oxygen atoms in total. The van der Waals surface area contributed by atoms with Crippen LogP contribution in [0.25, 0.3) is 0 Å². The van der Waals surface area contributed by atoms with Crippen molar-refractivity contribution in [2.24, 2.45) is 7.05 Å². The van der Waals surface area contributed by atoms with E-state index in [-0.39, 0.29) is 12.1 Å². The minimum Gasteiger partial charge on any atom is -0.331 e. The fourth-order valence-corrected chi connectivity index (χ4v) is 4.10. The number of amides is 2. The molecule has 118 valence electrons. The van der Waals surface area contributed by atoms with Crippen LogP contribution in [0.4, 0.5) is 4.79 Å². The van der Waals surface area contributed by atoms with Gasteiger partial charge < -0.3 is 10.2 Å². The Morgan fingerprint density at radius 2 is 2.24 bits per heavy atom. The third-order valence-corrected chi connectivity index (χ3v) is 5.59. The largest absolute Gasteiger partial charge is 0.331 e. The lowest BCUT2D eigenvalue weighted by Crippen LogP contribution is -2.47. The normalized spacial score (nSPS) is 20.4. The number of carbonyl (C=O) groups excluding carboxylic acids is 1. The van der Waals surface area contributed by atoms with Crippen molar-refractivity contribution in [3.63, 3.8) is 0 Å². The Hall–Kier alpha value is -1.17. The summed E-state index contributed by atoms with van der Waals surface area (Å²) in [7, 11) is 1.94. The van der Waals surface area contributed by atoms with Crippen LogP contribution in [0.2, 0.25) is 0 Å². The van der Waals surface area contributed by atoms with Crippen LogP contribution >= 0.6 is 11.8 Å². The fourth-order valence-electron chi connectivity index (χ4n) is 2.92. The highest BCUT2D eigenvalue weighted by Gasteiger charge is 2.25. The van der Waals surface area contributed by atoms with Crippen molar-refractivity contribution in [1.82, 2.24) is 20.0 Å². The first kappa shape index (κ1) is 16.2. The number of nitrogens with one attached hydrogen (secondary N) is 1. The van der Waals surface area contributed by atoms with E-state index in [1.807, 2.05) is 49.2 Å². The first-order valence-electron chi connectivity index (χ1n) is 7.61. The molecule has 0 aliphatic carbocycles. The molecule has 0 spiro atoms. The zero-order chi connectivity index (χ0) is 15.6. The number of aryl methyl sites for hydroxylation is 2. The van der Waals surface area contributed by atoms with E-state index >= 15 is 0 Å². The SMILES string of the molecule is CCC1CN(C(=O)NC(C)c2c(C)nn(C)c2C)CCS1. The molecule has 2 rings (SSSR count). The maximum atomic E-state index is 12.5. The second kappa shape index (κ2) is 6.73. The lowest BCUT2D eigenvalue weighted by Gasteiger charge is -2.32. The molecule has 1 aliphatic rings. The summed E-state index contributed by atoms with van der Waals surface area (Å²) in [5.74, 6) is 1.03. The Balaban J connectivity index is 2.02. The number of thioether (sulfide) groups is 1. The van der Waals surface area contributed by atoms with E-state index in [1.54, 1.807) is 0 Å². The van der Waals surface area contributed by atoms with Crippen molar-refractivity contribution in [3.05, 3.63) is 17.0 Å². The van der Waals surface area contributed by atoms with E-state index in [9.17, 15) is 4.79 Å². The number of hydrogen-bond donors (Lipinski definition) is 1. The Labute approximate surface area is 131 Å². The fraction of sp³-hybridized carbons (Fsp3) is 0.733. The Morgan fingerprint density at radius 1 is 1.52 bits per heavy atom. The van der Waals surface area contributed by atoms with Gasteiger partial charge in [-0.25, -0.2) is 4.79 Å². The lowest BCUT2D eigenvalue weighted by atomic mass is 10.1. The lowest BCUT2D eigenvalue weighted by molar-refractivity contribution is 0.196. The van der Waals surface area contributed by atoms with Gasteiger partial charge in [-0.05, 0) is 27.2 Å². The van der Waals surface area contributed by atoms with E-state index < -0.39 is 0 Å². The van der Waals surface area contributed by atoms with Crippen LogP contribution in [0, 0.1) is 13.8 Å². The van der Waals surface area contributed by atoms with E-state index in [4.69, 9.17) is 0 Å². The van der Waals surface area contributed by atoms with E-state index in [0.717, 1.165) is 42.2 Å². The van der Waals surface area contributed by atoms with Gasteiger partial charge in [-0.1, -0.05) is 6.92 Å². The summed E-state index contributed by atoms with van der Waals surface area (Å²) >= 11 is 1.97. The van der Waals surface area contributed by atoms with Crippen LogP contribution in [0.3, 0.4) is 0 Å². The summed E-state index contributed by atoms with van der Waals surface area (Å²) in [6.07, 6.45) is 1.12. The number of aromatic nitrogens is 2. The molecule has 0 saturated carbocycles. The molecular weight excluding hydrogens is 284 g/mol. The molecule has 1 aliphatic heterocycles. The van der Waals surface area contributed by atoms with E-state index in [0.29, 0.717) is 5.25 Å². The van der Waals surface area contributed by atoms with Gasteiger partial charge in [0, 0.05) is 42.4 Å². The Kier molecular flexibility index (Phi) is 5.19. The summed E-state index contributed by atoms with van der Waals surface area (Å²) in [5, 5.41) is 8.13. The van der Waals surface area contributed by atoms with Crippen LogP contribution in [0.15, 0.2) is 0 Å².